The minimum absolute atomic E-state index is 0.106. The van der Waals surface area contributed by atoms with Crippen LogP contribution in [0.2, 0.25) is 5.02 Å². The van der Waals surface area contributed by atoms with Crippen molar-refractivity contribution in [3.8, 4) is 11.5 Å². The van der Waals surface area contributed by atoms with E-state index in [1.54, 1.807) is 17.0 Å². The van der Waals surface area contributed by atoms with Gasteiger partial charge in [-0.05, 0) is 25.3 Å². The SMILES string of the molecule is COc1ccc(C(Cl)C(=O)N2CCCCC2)c(Cl)c1OC. The zero-order valence-corrected chi connectivity index (χ0v) is 13.7. The summed E-state index contributed by atoms with van der Waals surface area (Å²) in [4.78, 5) is 14.3. The highest BCUT2D eigenvalue weighted by atomic mass is 35.5. The summed E-state index contributed by atoms with van der Waals surface area (Å²) in [6.45, 7) is 1.51. The third-order valence-corrected chi connectivity index (χ3v) is 4.48. The maximum Gasteiger partial charge on any atom is 0.245 e. The fraction of sp³-hybridized carbons (Fsp3) is 0.533. The quantitative estimate of drug-likeness (QED) is 0.790. The number of nitrogens with zero attached hydrogens (tertiary/aromatic N) is 1. The zero-order chi connectivity index (χ0) is 15.4. The number of carbonyl (C=O) groups excluding carboxylic acids is 1. The second-order valence-corrected chi connectivity index (χ2v) is 5.77. The summed E-state index contributed by atoms with van der Waals surface area (Å²) in [5, 5.41) is -0.488. The Morgan fingerprint density at radius 3 is 2.43 bits per heavy atom. The Bertz CT molecular complexity index is 516. The van der Waals surface area contributed by atoms with Crippen molar-refractivity contribution in [1.82, 2.24) is 4.90 Å². The molecule has 1 atom stereocenters. The summed E-state index contributed by atoms with van der Waals surface area (Å²) >= 11 is 12.7. The first-order valence-corrected chi connectivity index (χ1v) is 7.74. The number of methoxy groups -OCH3 is 2. The van der Waals surface area contributed by atoms with Gasteiger partial charge in [0.05, 0.1) is 19.2 Å². The molecule has 21 heavy (non-hydrogen) atoms. The van der Waals surface area contributed by atoms with Crippen molar-refractivity contribution in [3.63, 3.8) is 0 Å². The van der Waals surface area contributed by atoms with Gasteiger partial charge in [0.1, 0.15) is 5.38 Å². The van der Waals surface area contributed by atoms with Crippen molar-refractivity contribution < 1.29 is 14.3 Å². The van der Waals surface area contributed by atoms with Crippen LogP contribution in [-0.2, 0) is 4.79 Å². The molecule has 1 aliphatic rings. The molecule has 1 heterocycles. The minimum atomic E-state index is -0.810. The van der Waals surface area contributed by atoms with Gasteiger partial charge in [0, 0.05) is 18.7 Å². The fourth-order valence-electron chi connectivity index (χ4n) is 2.51. The van der Waals surface area contributed by atoms with Crippen LogP contribution in [0.3, 0.4) is 0 Å². The molecule has 0 radical (unpaired) electrons. The maximum absolute atomic E-state index is 12.5. The van der Waals surface area contributed by atoms with Crippen LogP contribution in [0.1, 0.15) is 30.2 Å². The molecule has 1 aromatic rings. The minimum Gasteiger partial charge on any atom is -0.493 e. The van der Waals surface area contributed by atoms with Gasteiger partial charge in [-0.15, -0.1) is 11.6 Å². The molecular formula is C15H19Cl2NO3. The molecule has 116 valence electrons. The Morgan fingerprint density at radius 2 is 1.86 bits per heavy atom. The van der Waals surface area contributed by atoms with Crippen LogP contribution in [0.4, 0.5) is 0 Å². The van der Waals surface area contributed by atoms with Crippen LogP contribution in [0.5, 0.6) is 11.5 Å². The maximum atomic E-state index is 12.5. The summed E-state index contributed by atoms with van der Waals surface area (Å²) < 4.78 is 10.4. The summed E-state index contributed by atoms with van der Waals surface area (Å²) in [5.74, 6) is 0.805. The Hall–Kier alpha value is -1.13. The highest BCUT2D eigenvalue weighted by Crippen LogP contribution is 2.41. The molecule has 4 nitrogen and oxygen atoms in total. The molecule has 1 saturated heterocycles. The van der Waals surface area contributed by atoms with Crippen LogP contribution in [0.25, 0.3) is 0 Å². The second-order valence-electron chi connectivity index (χ2n) is 4.95. The van der Waals surface area contributed by atoms with E-state index in [-0.39, 0.29) is 5.91 Å². The first-order chi connectivity index (χ1) is 10.1. The van der Waals surface area contributed by atoms with Crippen molar-refractivity contribution in [2.24, 2.45) is 0 Å². The second kappa shape index (κ2) is 7.23. The fourth-order valence-corrected chi connectivity index (χ4v) is 3.23. The van der Waals surface area contributed by atoms with Crippen LogP contribution in [-0.4, -0.2) is 38.1 Å². The van der Waals surface area contributed by atoms with E-state index in [1.807, 2.05) is 0 Å². The Morgan fingerprint density at radius 1 is 1.19 bits per heavy atom. The average molecular weight is 332 g/mol. The van der Waals surface area contributed by atoms with Crippen LogP contribution >= 0.6 is 23.2 Å². The molecule has 1 amide bonds. The first kappa shape index (κ1) is 16.2. The van der Waals surface area contributed by atoms with E-state index >= 15 is 0 Å². The van der Waals surface area contributed by atoms with Gasteiger partial charge >= 0.3 is 0 Å². The molecule has 0 spiro atoms. The molecule has 0 bridgehead atoms. The van der Waals surface area contributed by atoms with Gasteiger partial charge in [-0.1, -0.05) is 17.7 Å². The van der Waals surface area contributed by atoms with Crippen LogP contribution in [0.15, 0.2) is 12.1 Å². The number of alkyl halides is 1. The third kappa shape index (κ3) is 3.38. The van der Waals surface area contributed by atoms with Gasteiger partial charge in [-0.25, -0.2) is 0 Å². The predicted octanol–water partition coefficient (Wildman–Crippen LogP) is 3.65. The number of carbonyl (C=O) groups is 1. The van der Waals surface area contributed by atoms with Crippen LogP contribution in [0, 0.1) is 0 Å². The molecule has 0 saturated carbocycles. The number of ether oxygens (including phenoxy) is 2. The normalized spacial score (nSPS) is 16.5. The predicted molar refractivity (Wildman–Crippen MR) is 83.6 cm³/mol. The lowest BCUT2D eigenvalue weighted by atomic mass is 10.1. The summed E-state index contributed by atoms with van der Waals surface area (Å²) in [6, 6.07) is 3.42. The van der Waals surface area contributed by atoms with Crippen molar-refractivity contribution in [2.75, 3.05) is 27.3 Å². The van der Waals surface area contributed by atoms with Gasteiger partial charge in [-0.2, -0.15) is 0 Å². The van der Waals surface area contributed by atoms with E-state index in [1.165, 1.54) is 14.2 Å². The molecule has 0 aromatic heterocycles. The number of benzene rings is 1. The highest BCUT2D eigenvalue weighted by Gasteiger charge is 2.28. The van der Waals surface area contributed by atoms with Gasteiger partial charge < -0.3 is 14.4 Å². The van der Waals surface area contributed by atoms with E-state index in [9.17, 15) is 4.79 Å². The number of hydrogen-bond acceptors (Lipinski definition) is 3. The Labute approximate surface area is 134 Å². The zero-order valence-electron chi connectivity index (χ0n) is 12.2. The Balaban J connectivity index is 2.26. The van der Waals surface area contributed by atoms with Crippen molar-refractivity contribution in [1.29, 1.82) is 0 Å². The summed E-state index contributed by atoms with van der Waals surface area (Å²) in [7, 11) is 3.04. The summed E-state index contributed by atoms with van der Waals surface area (Å²) in [5.41, 5.74) is 0.548. The molecule has 1 aliphatic heterocycles. The molecule has 0 N–H and O–H groups in total. The molecule has 6 heteroatoms. The number of amides is 1. The Kier molecular flexibility index (Phi) is 5.59. The van der Waals surface area contributed by atoms with Crippen molar-refractivity contribution >= 4 is 29.1 Å². The van der Waals surface area contributed by atoms with Crippen molar-refractivity contribution in [3.05, 3.63) is 22.7 Å². The molecule has 1 aromatic carbocycles. The van der Waals surface area contributed by atoms with Crippen LogP contribution < -0.4 is 9.47 Å². The first-order valence-electron chi connectivity index (χ1n) is 6.93. The van der Waals surface area contributed by atoms with Crippen molar-refractivity contribution in [2.45, 2.75) is 24.6 Å². The topological polar surface area (TPSA) is 38.8 Å². The van der Waals surface area contributed by atoms with E-state index in [4.69, 9.17) is 32.7 Å². The van der Waals surface area contributed by atoms with Gasteiger partial charge in [-0.3, -0.25) is 4.79 Å². The lowest BCUT2D eigenvalue weighted by molar-refractivity contribution is -0.131. The lowest BCUT2D eigenvalue weighted by Crippen LogP contribution is -2.37. The van der Waals surface area contributed by atoms with E-state index in [2.05, 4.69) is 0 Å². The molecule has 2 rings (SSSR count). The third-order valence-electron chi connectivity index (χ3n) is 3.67. The van der Waals surface area contributed by atoms with Gasteiger partial charge in [0.15, 0.2) is 11.5 Å². The number of hydrogen-bond donors (Lipinski definition) is 0. The molecular weight excluding hydrogens is 313 g/mol. The summed E-state index contributed by atoms with van der Waals surface area (Å²) in [6.07, 6.45) is 3.21. The molecule has 1 unspecified atom stereocenters. The highest BCUT2D eigenvalue weighted by molar-refractivity contribution is 6.37. The monoisotopic (exact) mass is 331 g/mol. The number of rotatable bonds is 4. The largest absolute Gasteiger partial charge is 0.493 e. The van der Waals surface area contributed by atoms with E-state index in [0.29, 0.717) is 22.1 Å². The molecule has 1 fully saturated rings. The van der Waals surface area contributed by atoms with Gasteiger partial charge in [0.25, 0.3) is 0 Å². The average Bonchev–Trinajstić information content (AvgIpc) is 2.53. The van der Waals surface area contributed by atoms with E-state index in [0.717, 1.165) is 32.4 Å². The smallest absolute Gasteiger partial charge is 0.245 e. The van der Waals surface area contributed by atoms with E-state index < -0.39 is 5.38 Å². The number of halogens is 2. The van der Waals surface area contributed by atoms with Gasteiger partial charge in [0.2, 0.25) is 5.91 Å². The number of piperidine rings is 1. The number of likely N-dealkylation sites (tertiary alicyclic amines) is 1. The lowest BCUT2D eigenvalue weighted by Gasteiger charge is -2.29. The molecule has 0 aliphatic carbocycles. The standard InChI is InChI=1S/C15H19Cl2NO3/c1-20-11-7-6-10(12(16)14(11)21-2)13(17)15(19)18-8-4-3-5-9-18/h6-7,13H,3-5,8-9H2,1-2H3.